The highest BCUT2D eigenvalue weighted by Gasteiger charge is 2.24. The van der Waals surface area contributed by atoms with Gasteiger partial charge in [0.2, 0.25) is 5.90 Å². The molecule has 0 fully saturated rings. The van der Waals surface area contributed by atoms with E-state index in [0.29, 0.717) is 28.2 Å². The van der Waals surface area contributed by atoms with Crippen molar-refractivity contribution in [2.75, 3.05) is 14.2 Å². The molecule has 0 aliphatic carbocycles. The Morgan fingerprint density at radius 1 is 0.875 bits per heavy atom. The van der Waals surface area contributed by atoms with Crippen LogP contribution in [-0.4, -0.2) is 32.1 Å². The first kappa shape index (κ1) is 20.9. The molecule has 0 amide bonds. The summed E-state index contributed by atoms with van der Waals surface area (Å²) in [5, 5.41) is 0. The number of aliphatic imine (C=N–C) groups is 1. The van der Waals surface area contributed by atoms with Crippen molar-refractivity contribution in [3.8, 4) is 17.2 Å². The number of methoxy groups -OCH3 is 2. The topological polar surface area (TPSA) is 83.4 Å². The van der Waals surface area contributed by atoms with E-state index in [1.165, 1.54) is 14.2 Å². The van der Waals surface area contributed by atoms with Gasteiger partial charge < -0.3 is 18.9 Å². The molecule has 32 heavy (non-hydrogen) atoms. The maximum atomic E-state index is 12.6. The Morgan fingerprint density at radius 3 is 2.34 bits per heavy atom. The molecule has 0 spiro atoms. The van der Waals surface area contributed by atoms with Crippen LogP contribution in [0.3, 0.4) is 0 Å². The maximum Gasteiger partial charge on any atom is 0.363 e. The molecule has 0 saturated carbocycles. The lowest BCUT2D eigenvalue weighted by Gasteiger charge is -2.11. The molecule has 1 heterocycles. The fourth-order valence-electron chi connectivity index (χ4n) is 3.10. The molecule has 1 aliphatic rings. The van der Waals surface area contributed by atoms with Gasteiger partial charge in [-0.3, -0.25) is 0 Å². The number of ether oxygens (including phenoxy) is 4. The number of esters is 2. The van der Waals surface area contributed by atoms with E-state index in [2.05, 4.69) is 4.99 Å². The molecule has 4 rings (SSSR count). The number of rotatable bonds is 6. The number of benzene rings is 3. The quantitative estimate of drug-likeness (QED) is 0.331. The van der Waals surface area contributed by atoms with E-state index in [0.717, 1.165) is 0 Å². The van der Waals surface area contributed by atoms with Gasteiger partial charge in [-0.2, -0.15) is 0 Å². The van der Waals surface area contributed by atoms with E-state index in [9.17, 15) is 9.59 Å². The largest absolute Gasteiger partial charge is 0.496 e. The zero-order valence-corrected chi connectivity index (χ0v) is 17.4. The molecule has 160 valence electrons. The molecule has 7 nitrogen and oxygen atoms in total. The molecule has 3 aromatic carbocycles. The molecule has 7 heteroatoms. The number of nitrogens with zero attached hydrogens (tertiary/aromatic N) is 1. The predicted octanol–water partition coefficient (Wildman–Crippen LogP) is 4.27. The van der Waals surface area contributed by atoms with Gasteiger partial charge in [-0.1, -0.05) is 36.4 Å². The average Bonchev–Trinajstić information content (AvgIpc) is 3.20. The van der Waals surface area contributed by atoms with Crippen molar-refractivity contribution in [3.05, 3.63) is 95.2 Å². The summed E-state index contributed by atoms with van der Waals surface area (Å²) in [6, 6.07) is 20.8. The molecular weight excluding hydrogens is 410 g/mol. The van der Waals surface area contributed by atoms with Crippen LogP contribution < -0.4 is 14.2 Å². The third kappa shape index (κ3) is 4.37. The molecule has 0 radical (unpaired) electrons. The summed E-state index contributed by atoms with van der Waals surface area (Å²) in [5.41, 5.74) is 1.79. The van der Waals surface area contributed by atoms with Crippen molar-refractivity contribution in [2.45, 2.75) is 0 Å². The Morgan fingerprint density at radius 2 is 1.59 bits per heavy atom. The van der Waals surface area contributed by atoms with Gasteiger partial charge in [0.25, 0.3) is 0 Å². The highest BCUT2D eigenvalue weighted by Crippen LogP contribution is 2.31. The van der Waals surface area contributed by atoms with E-state index >= 15 is 0 Å². The minimum atomic E-state index is -0.580. The van der Waals surface area contributed by atoms with Crippen molar-refractivity contribution in [1.29, 1.82) is 0 Å². The Bertz CT molecular complexity index is 1230. The minimum absolute atomic E-state index is 0.157. The summed E-state index contributed by atoms with van der Waals surface area (Å²) in [6.07, 6.45) is 1.58. The van der Waals surface area contributed by atoms with Crippen molar-refractivity contribution >= 4 is 23.9 Å². The second kappa shape index (κ2) is 9.18. The fraction of sp³-hybridized carbons (Fsp3) is 0.0800. The highest BCUT2D eigenvalue weighted by molar-refractivity contribution is 6.12. The first-order chi connectivity index (χ1) is 15.6. The van der Waals surface area contributed by atoms with Gasteiger partial charge in [-0.05, 0) is 48.0 Å². The van der Waals surface area contributed by atoms with Crippen molar-refractivity contribution in [2.24, 2.45) is 4.99 Å². The van der Waals surface area contributed by atoms with E-state index < -0.39 is 11.9 Å². The number of hydrogen-bond acceptors (Lipinski definition) is 7. The van der Waals surface area contributed by atoms with Crippen molar-refractivity contribution in [1.82, 2.24) is 0 Å². The van der Waals surface area contributed by atoms with E-state index in [4.69, 9.17) is 18.9 Å². The second-order valence-electron chi connectivity index (χ2n) is 6.70. The van der Waals surface area contributed by atoms with Gasteiger partial charge in [0.05, 0.1) is 14.2 Å². The smallest absolute Gasteiger partial charge is 0.363 e. The molecule has 0 bridgehead atoms. The standard InChI is InChI=1S/C25H19NO6/c1-29-20-11-7-6-10-18(20)24(27)31-21-13-12-16(15-22(21)30-2)14-19-25(28)32-23(26-19)17-8-4-3-5-9-17/h3-15H,1-2H3/b19-14+. The van der Waals surface area contributed by atoms with Crippen LogP contribution in [-0.2, 0) is 9.53 Å². The predicted molar refractivity (Wildman–Crippen MR) is 118 cm³/mol. The molecule has 0 atom stereocenters. The Balaban J connectivity index is 1.58. The summed E-state index contributed by atoms with van der Waals surface area (Å²) in [5.74, 6) is 0.0768. The zero-order valence-electron chi connectivity index (χ0n) is 17.4. The van der Waals surface area contributed by atoms with Gasteiger partial charge in [0, 0.05) is 5.56 Å². The molecular formula is C25H19NO6. The maximum absolute atomic E-state index is 12.6. The van der Waals surface area contributed by atoms with Crippen molar-refractivity contribution < 1.29 is 28.5 Å². The van der Waals surface area contributed by atoms with Gasteiger partial charge in [0.1, 0.15) is 11.3 Å². The van der Waals surface area contributed by atoms with Crippen LogP contribution in [0.2, 0.25) is 0 Å². The lowest BCUT2D eigenvalue weighted by Crippen LogP contribution is -2.10. The third-order valence-electron chi connectivity index (χ3n) is 4.66. The van der Waals surface area contributed by atoms with Crippen LogP contribution in [0.15, 0.2) is 83.5 Å². The molecule has 0 saturated heterocycles. The van der Waals surface area contributed by atoms with E-state index in [1.807, 2.05) is 30.3 Å². The average molecular weight is 429 g/mol. The summed E-state index contributed by atoms with van der Waals surface area (Å²) in [6.45, 7) is 0. The number of hydrogen-bond donors (Lipinski definition) is 0. The highest BCUT2D eigenvalue weighted by atomic mass is 16.6. The molecule has 0 unspecified atom stereocenters. The Labute approximate surface area is 184 Å². The zero-order chi connectivity index (χ0) is 22.5. The van der Waals surface area contributed by atoms with E-state index in [-0.39, 0.29) is 17.3 Å². The van der Waals surface area contributed by atoms with E-state index in [1.54, 1.807) is 48.5 Å². The lowest BCUT2D eigenvalue weighted by atomic mass is 10.1. The number of cyclic esters (lactones) is 1. The van der Waals surface area contributed by atoms with Crippen LogP contribution in [0.5, 0.6) is 17.2 Å². The Hall–Kier alpha value is -4.39. The third-order valence-corrected chi connectivity index (χ3v) is 4.66. The minimum Gasteiger partial charge on any atom is -0.496 e. The number of para-hydroxylation sites is 1. The molecule has 0 N–H and O–H groups in total. The Kier molecular flexibility index (Phi) is 5.98. The summed E-state index contributed by atoms with van der Waals surface area (Å²) >= 11 is 0. The first-order valence-electron chi connectivity index (χ1n) is 9.70. The summed E-state index contributed by atoms with van der Waals surface area (Å²) in [7, 11) is 2.94. The van der Waals surface area contributed by atoms with Gasteiger partial charge in [-0.25, -0.2) is 14.6 Å². The van der Waals surface area contributed by atoms with Crippen LogP contribution >= 0.6 is 0 Å². The van der Waals surface area contributed by atoms with Gasteiger partial charge >= 0.3 is 11.9 Å². The van der Waals surface area contributed by atoms with Crippen molar-refractivity contribution in [3.63, 3.8) is 0 Å². The first-order valence-corrected chi connectivity index (χ1v) is 9.70. The van der Waals surface area contributed by atoms with Gasteiger partial charge in [-0.15, -0.1) is 0 Å². The monoisotopic (exact) mass is 429 g/mol. The fourth-order valence-corrected chi connectivity index (χ4v) is 3.10. The SMILES string of the molecule is COc1cc(/C=C2/N=C(c3ccccc3)OC2=O)ccc1OC(=O)c1ccccc1OC. The molecule has 1 aliphatic heterocycles. The summed E-state index contributed by atoms with van der Waals surface area (Å²) < 4.78 is 21.3. The van der Waals surface area contributed by atoms with Crippen LogP contribution in [0.25, 0.3) is 6.08 Å². The molecule has 3 aromatic rings. The normalized spacial score (nSPS) is 14.0. The van der Waals surface area contributed by atoms with Crippen LogP contribution in [0, 0.1) is 0 Å². The number of carbonyl (C=O) groups is 2. The van der Waals surface area contributed by atoms with Crippen LogP contribution in [0.4, 0.5) is 0 Å². The van der Waals surface area contributed by atoms with Crippen LogP contribution in [0.1, 0.15) is 21.5 Å². The molecule has 0 aromatic heterocycles. The summed E-state index contributed by atoms with van der Waals surface area (Å²) in [4.78, 5) is 29.1. The lowest BCUT2D eigenvalue weighted by molar-refractivity contribution is -0.129. The second-order valence-corrected chi connectivity index (χ2v) is 6.70. The van der Waals surface area contributed by atoms with Gasteiger partial charge in [0.15, 0.2) is 17.2 Å². The number of carbonyl (C=O) groups excluding carboxylic acids is 2.